The van der Waals surface area contributed by atoms with E-state index >= 15 is 0 Å². The molecule has 0 spiro atoms. The minimum absolute atomic E-state index is 0.268. The van der Waals surface area contributed by atoms with Crippen LogP contribution in [0.25, 0.3) is 0 Å². The minimum atomic E-state index is -0.576. The number of nitrogens with two attached hydrogens (primary N) is 2. The van der Waals surface area contributed by atoms with Crippen molar-refractivity contribution in [2.45, 2.75) is 6.04 Å². The number of benzene rings is 2. The van der Waals surface area contributed by atoms with Crippen molar-refractivity contribution in [3.05, 3.63) is 70.5 Å². The monoisotopic (exact) mass is 332 g/mol. The van der Waals surface area contributed by atoms with Crippen LogP contribution in [0.2, 0.25) is 0 Å². The SMILES string of the molecule is N=Cc1c(N)ccc2c1C1N=C(c3ccccc3)NC(C(N)=O)=C1N2. The standard InChI is InChI=1S/C18H16N6O/c19-8-10-11(20)6-7-12-13(10)14-15(22-12)16(17(21)25)24-18(23-14)9-4-2-1-3-5-9/h1-8,14,19,22H,20H2,(H2,21,25)(H,23,24). The second kappa shape index (κ2) is 5.48. The van der Waals surface area contributed by atoms with Gasteiger partial charge >= 0.3 is 0 Å². The van der Waals surface area contributed by atoms with Crippen LogP contribution < -0.4 is 22.1 Å². The number of anilines is 2. The van der Waals surface area contributed by atoms with Gasteiger partial charge in [0.15, 0.2) is 0 Å². The molecule has 2 aliphatic heterocycles. The van der Waals surface area contributed by atoms with Gasteiger partial charge in [-0.25, -0.2) is 0 Å². The largest absolute Gasteiger partial charge is 0.398 e. The van der Waals surface area contributed by atoms with Crippen molar-refractivity contribution in [2.24, 2.45) is 10.7 Å². The first-order valence-electron chi connectivity index (χ1n) is 7.74. The summed E-state index contributed by atoms with van der Waals surface area (Å²) in [6.07, 6.45) is 1.21. The molecule has 1 unspecified atom stereocenters. The number of fused-ring (bicyclic) bond motifs is 3. The van der Waals surface area contributed by atoms with Gasteiger partial charge in [0.05, 0.1) is 5.70 Å². The van der Waals surface area contributed by atoms with Crippen LogP contribution in [0.4, 0.5) is 11.4 Å². The van der Waals surface area contributed by atoms with Crippen LogP contribution in [0.1, 0.15) is 22.7 Å². The van der Waals surface area contributed by atoms with Gasteiger partial charge in [-0.05, 0) is 12.1 Å². The van der Waals surface area contributed by atoms with E-state index in [0.29, 0.717) is 22.8 Å². The van der Waals surface area contributed by atoms with Crippen molar-refractivity contribution < 1.29 is 4.79 Å². The summed E-state index contributed by atoms with van der Waals surface area (Å²) in [7, 11) is 0. The van der Waals surface area contributed by atoms with Gasteiger partial charge in [-0.3, -0.25) is 9.79 Å². The number of aliphatic imine (C=N–C) groups is 1. The molecule has 7 nitrogen and oxygen atoms in total. The van der Waals surface area contributed by atoms with E-state index in [1.54, 1.807) is 6.07 Å². The molecule has 25 heavy (non-hydrogen) atoms. The highest BCUT2D eigenvalue weighted by atomic mass is 16.1. The summed E-state index contributed by atoms with van der Waals surface area (Å²) in [5.41, 5.74) is 15.9. The Bertz CT molecular complexity index is 961. The highest BCUT2D eigenvalue weighted by Crippen LogP contribution is 2.45. The highest BCUT2D eigenvalue weighted by Gasteiger charge is 2.37. The zero-order valence-corrected chi connectivity index (χ0v) is 13.2. The Hall–Kier alpha value is -3.61. The van der Waals surface area contributed by atoms with Gasteiger partial charge in [-0.1, -0.05) is 30.3 Å². The number of hydrogen-bond donors (Lipinski definition) is 5. The predicted molar refractivity (Wildman–Crippen MR) is 97.4 cm³/mol. The summed E-state index contributed by atoms with van der Waals surface area (Å²) in [6, 6.07) is 12.6. The normalized spacial score (nSPS) is 17.8. The number of carbonyl (C=O) groups excluding carboxylic acids is 1. The molecular weight excluding hydrogens is 316 g/mol. The van der Waals surface area contributed by atoms with Crippen LogP contribution in [0.3, 0.4) is 0 Å². The smallest absolute Gasteiger partial charge is 0.267 e. The fourth-order valence-electron chi connectivity index (χ4n) is 3.19. The topological polar surface area (TPSA) is 129 Å². The van der Waals surface area contributed by atoms with Gasteiger partial charge in [0.1, 0.15) is 17.6 Å². The molecule has 0 saturated carbocycles. The van der Waals surface area contributed by atoms with E-state index in [1.807, 2.05) is 36.4 Å². The average molecular weight is 332 g/mol. The summed E-state index contributed by atoms with van der Waals surface area (Å²) in [5, 5.41) is 13.9. The van der Waals surface area contributed by atoms with Gasteiger partial charge in [0, 0.05) is 34.3 Å². The zero-order chi connectivity index (χ0) is 17.6. The summed E-state index contributed by atoms with van der Waals surface area (Å²) in [5.74, 6) is -0.0239. The Labute approximate surface area is 143 Å². The molecule has 2 aliphatic rings. The minimum Gasteiger partial charge on any atom is -0.398 e. The second-order valence-electron chi connectivity index (χ2n) is 5.82. The molecule has 0 fully saturated rings. The van der Waals surface area contributed by atoms with Gasteiger partial charge in [0.2, 0.25) is 0 Å². The van der Waals surface area contributed by atoms with E-state index in [-0.39, 0.29) is 5.70 Å². The molecule has 2 aromatic carbocycles. The van der Waals surface area contributed by atoms with Crippen molar-refractivity contribution >= 4 is 29.3 Å². The van der Waals surface area contributed by atoms with E-state index in [4.69, 9.17) is 21.9 Å². The lowest BCUT2D eigenvalue weighted by Crippen LogP contribution is -2.37. The molecule has 7 heteroatoms. The molecule has 7 N–H and O–H groups in total. The molecule has 0 saturated heterocycles. The maximum atomic E-state index is 12.0. The maximum absolute atomic E-state index is 12.0. The van der Waals surface area contributed by atoms with E-state index in [0.717, 1.165) is 16.8 Å². The van der Waals surface area contributed by atoms with Crippen LogP contribution >= 0.6 is 0 Å². The molecular formula is C18H16N6O. The number of rotatable bonds is 3. The first kappa shape index (κ1) is 14.9. The molecule has 1 atom stereocenters. The highest BCUT2D eigenvalue weighted by molar-refractivity contribution is 6.08. The van der Waals surface area contributed by atoms with Gasteiger partial charge in [0.25, 0.3) is 5.91 Å². The quantitative estimate of drug-likeness (QED) is 0.430. The molecule has 2 aromatic rings. The Morgan fingerprint density at radius 1 is 1.16 bits per heavy atom. The number of nitrogens with zero attached hydrogens (tertiary/aromatic N) is 1. The molecule has 0 aromatic heterocycles. The molecule has 0 radical (unpaired) electrons. The summed E-state index contributed by atoms with van der Waals surface area (Å²) in [6.45, 7) is 0. The van der Waals surface area contributed by atoms with E-state index < -0.39 is 11.9 Å². The number of primary amides is 1. The Morgan fingerprint density at radius 3 is 2.60 bits per heavy atom. The number of amides is 1. The van der Waals surface area contributed by atoms with Crippen LogP contribution in [-0.2, 0) is 4.79 Å². The third-order valence-electron chi connectivity index (χ3n) is 4.35. The lowest BCUT2D eigenvalue weighted by molar-refractivity contribution is -0.114. The molecule has 1 amide bonds. The Balaban J connectivity index is 1.93. The summed E-state index contributed by atoms with van der Waals surface area (Å²) < 4.78 is 0. The lowest BCUT2D eigenvalue weighted by Gasteiger charge is -2.23. The summed E-state index contributed by atoms with van der Waals surface area (Å²) >= 11 is 0. The average Bonchev–Trinajstić information content (AvgIpc) is 3.00. The molecule has 0 bridgehead atoms. The number of nitrogens with one attached hydrogen (secondary N) is 3. The Kier molecular flexibility index (Phi) is 3.28. The number of amidine groups is 1. The fraction of sp³-hybridized carbons (Fsp3) is 0.0556. The van der Waals surface area contributed by atoms with Crippen LogP contribution in [-0.4, -0.2) is 18.0 Å². The summed E-state index contributed by atoms with van der Waals surface area (Å²) in [4.78, 5) is 16.7. The van der Waals surface area contributed by atoms with Crippen molar-refractivity contribution in [2.75, 3.05) is 11.1 Å². The van der Waals surface area contributed by atoms with Crippen molar-refractivity contribution in [3.63, 3.8) is 0 Å². The van der Waals surface area contributed by atoms with Crippen LogP contribution in [0, 0.1) is 5.41 Å². The lowest BCUT2D eigenvalue weighted by atomic mass is 9.97. The molecule has 124 valence electrons. The van der Waals surface area contributed by atoms with Crippen molar-refractivity contribution in [1.29, 1.82) is 5.41 Å². The number of nitrogen functional groups attached to an aromatic ring is 1. The van der Waals surface area contributed by atoms with Crippen molar-refractivity contribution in [3.8, 4) is 0 Å². The first-order valence-corrected chi connectivity index (χ1v) is 7.74. The Morgan fingerprint density at radius 2 is 1.92 bits per heavy atom. The number of hydrogen-bond acceptors (Lipinski definition) is 6. The molecule has 2 heterocycles. The van der Waals surface area contributed by atoms with Crippen LogP contribution in [0.5, 0.6) is 0 Å². The third kappa shape index (κ3) is 2.25. The van der Waals surface area contributed by atoms with E-state index in [1.165, 1.54) is 6.21 Å². The maximum Gasteiger partial charge on any atom is 0.267 e. The van der Waals surface area contributed by atoms with Gasteiger partial charge in [-0.15, -0.1) is 0 Å². The zero-order valence-electron chi connectivity index (χ0n) is 13.2. The second-order valence-corrected chi connectivity index (χ2v) is 5.82. The fourth-order valence-corrected chi connectivity index (χ4v) is 3.19. The first-order chi connectivity index (χ1) is 12.1. The molecule has 0 aliphatic carbocycles. The predicted octanol–water partition coefficient (Wildman–Crippen LogP) is 1.48. The number of carbonyl (C=O) groups is 1. The van der Waals surface area contributed by atoms with Crippen LogP contribution in [0.15, 0.2) is 58.9 Å². The van der Waals surface area contributed by atoms with E-state index in [2.05, 4.69) is 10.6 Å². The van der Waals surface area contributed by atoms with Gasteiger partial charge in [-0.2, -0.15) is 0 Å². The van der Waals surface area contributed by atoms with E-state index in [9.17, 15) is 4.79 Å². The molecule has 4 rings (SSSR count). The van der Waals surface area contributed by atoms with Crippen molar-refractivity contribution in [1.82, 2.24) is 5.32 Å². The van der Waals surface area contributed by atoms with Gasteiger partial charge < -0.3 is 27.5 Å². The third-order valence-corrected chi connectivity index (χ3v) is 4.35.